The minimum atomic E-state index is 0. The number of aromatic nitrogens is 2. The molecule has 1 aliphatic rings. The Morgan fingerprint density at radius 3 is 2.44 bits per heavy atom. The Balaban J connectivity index is 0.00000128. The standard InChI is InChI=1S/C12H19N3.ClH/c13-11(12-14-7-4-8-15-12)9-10-5-2-1-3-6-10;/h4,7-8,10-11H,1-3,5-6,9,13H2;1H. The number of hydrogen-bond acceptors (Lipinski definition) is 3. The van der Waals surface area contributed by atoms with Gasteiger partial charge in [-0.1, -0.05) is 32.1 Å². The van der Waals surface area contributed by atoms with Crippen molar-refractivity contribution in [3.8, 4) is 0 Å². The van der Waals surface area contributed by atoms with Gasteiger partial charge in [-0.2, -0.15) is 0 Å². The molecule has 0 spiro atoms. The van der Waals surface area contributed by atoms with Gasteiger partial charge in [-0.3, -0.25) is 0 Å². The lowest BCUT2D eigenvalue weighted by molar-refractivity contribution is 0.315. The van der Waals surface area contributed by atoms with E-state index in [-0.39, 0.29) is 18.4 Å². The van der Waals surface area contributed by atoms with Crippen LogP contribution in [0.1, 0.15) is 50.4 Å². The monoisotopic (exact) mass is 241 g/mol. The van der Waals surface area contributed by atoms with Crippen LogP contribution >= 0.6 is 12.4 Å². The Morgan fingerprint density at radius 2 is 1.81 bits per heavy atom. The third kappa shape index (κ3) is 3.72. The van der Waals surface area contributed by atoms with Gasteiger partial charge in [0.25, 0.3) is 0 Å². The summed E-state index contributed by atoms with van der Waals surface area (Å²) >= 11 is 0. The van der Waals surface area contributed by atoms with Gasteiger partial charge in [0.15, 0.2) is 0 Å². The van der Waals surface area contributed by atoms with Crippen molar-refractivity contribution < 1.29 is 0 Å². The molecule has 1 aromatic heterocycles. The first-order chi connectivity index (χ1) is 7.36. The molecule has 1 fully saturated rings. The van der Waals surface area contributed by atoms with Crippen LogP contribution in [0.15, 0.2) is 18.5 Å². The minimum Gasteiger partial charge on any atom is -0.321 e. The van der Waals surface area contributed by atoms with E-state index in [9.17, 15) is 0 Å². The molecule has 1 aliphatic carbocycles. The van der Waals surface area contributed by atoms with Gasteiger partial charge in [0.2, 0.25) is 0 Å². The molecule has 1 atom stereocenters. The van der Waals surface area contributed by atoms with Crippen molar-refractivity contribution in [1.82, 2.24) is 9.97 Å². The highest BCUT2D eigenvalue weighted by Crippen LogP contribution is 2.29. The van der Waals surface area contributed by atoms with E-state index >= 15 is 0 Å². The van der Waals surface area contributed by atoms with Crippen LogP contribution in [0.3, 0.4) is 0 Å². The summed E-state index contributed by atoms with van der Waals surface area (Å²) in [7, 11) is 0. The van der Waals surface area contributed by atoms with Crippen LogP contribution in [0.5, 0.6) is 0 Å². The number of nitrogens with zero attached hydrogens (tertiary/aromatic N) is 2. The third-order valence-corrected chi connectivity index (χ3v) is 3.23. The minimum absolute atomic E-state index is 0. The van der Waals surface area contributed by atoms with Gasteiger partial charge < -0.3 is 5.73 Å². The fraction of sp³-hybridized carbons (Fsp3) is 0.667. The number of rotatable bonds is 3. The smallest absolute Gasteiger partial charge is 0.144 e. The van der Waals surface area contributed by atoms with Crippen LogP contribution in [0.4, 0.5) is 0 Å². The van der Waals surface area contributed by atoms with Crippen molar-refractivity contribution >= 4 is 12.4 Å². The Hall–Kier alpha value is -0.670. The van der Waals surface area contributed by atoms with Crippen molar-refractivity contribution in [3.63, 3.8) is 0 Å². The SMILES string of the molecule is Cl.NC(CC1CCCCC1)c1ncccn1. The van der Waals surface area contributed by atoms with Crippen LogP contribution in [0, 0.1) is 5.92 Å². The highest BCUT2D eigenvalue weighted by molar-refractivity contribution is 5.85. The van der Waals surface area contributed by atoms with Gasteiger partial charge in [0.05, 0.1) is 6.04 Å². The molecule has 0 bridgehead atoms. The summed E-state index contributed by atoms with van der Waals surface area (Å²) < 4.78 is 0. The first kappa shape index (κ1) is 13.4. The Labute approximate surface area is 103 Å². The van der Waals surface area contributed by atoms with Gasteiger partial charge in [-0.05, 0) is 18.4 Å². The van der Waals surface area contributed by atoms with Crippen molar-refractivity contribution in [2.75, 3.05) is 0 Å². The van der Waals surface area contributed by atoms with Crippen molar-refractivity contribution in [2.24, 2.45) is 11.7 Å². The zero-order valence-corrected chi connectivity index (χ0v) is 10.3. The van der Waals surface area contributed by atoms with E-state index < -0.39 is 0 Å². The molecule has 1 unspecified atom stereocenters. The van der Waals surface area contributed by atoms with E-state index in [1.54, 1.807) is 12.4 Å². The summed E-state index contributed by atoms with van der Waals surface area (Å²) in [6.45, 7) is 0. The highest BCUT2D eigenvalue weighted by atomic mass is 35.5. The molecule has 2 rings (SSSR count). The molecule has 0 amide bonds. The van der Waals surface area contributed by atoms with Gasteiger partial charge in [0.1, 0.15) is 5.82 Å². The Morgan fingerprint density at radius 1 is 1.19 bits per heavy atom. The van der Waals surface area contributed by atoms with Crippen molar-refractivity contribution in [2.45, 2.75) is 44.6 Å². The zero-order valence-electron chi connectivity index (χ0n) is 9.51. The largest absolute Gasteiger partial charge is 0.321 e. The molecule has 1 aromatic rings. The van der Waals surface area contributed by atoms with Crippen LogP contribution in [-0.2, 0) is 0 Å². The number of hydrogen-bond donors (Lipinski definition) is 1. The number of nitrogens with two attached hydrogens (primary N) is 1. The number of halogens is 1. The van der Waals surface area contributed by atoms with Crippen LogP contribution < -0.4 is 5.73 Å². The summed E-state index contributed by atoms with van der Waals surface area (Å²) in [4.78, 5) is 8.42. The molecule has 16 heavy (non-hydrogen) atoms. The summed E-state index contributed by atoms with van der Waals surface area (Å²) in [5.74, 6) is 1.58. The second-order valence-corrected chi connectivity index (χ2v) is 4.45. The predicted octanol–water partition coefficient (Wildman–Crippen LogP) is 2.87. The van der Waals surface area contributed by atoms with Gasteiger partial charge in [0, 0.05) is 12.4 Å². The topological polar surface area (TPSA) is 51.8 Å². The zero-order chi connectivity index (χ0) is 10.5. The normalized spacial score (nSPS) is 18.8. The molecular formula is C12H20ClN3. The van der Waals surface area contributed by atoms with E-state index in [1.165, 1.54) is 32.1 Å². The van der Waals surface area contributed by atoms with Crippen molar-refractivity contribution in [3.05, 3.63) is 24.3 Å². The molecule has 0 radical (unpaired) electrons. The summed E-state index contributed by atoms with van der Waals surface area (Å²) in [6.07, 6.45) is 11.4. The Kier molecular flexibility index (Phi) is 5.71. The van der Waals surface area contributed by atoms with Gasteiger partial charge in [-0.15, -0.1) is 12.4 Å². The van der Waals surface area contributed by atoms with E-state index in [2.05, 4.69) is 9.97 Å². The van der Waals surface area contributed by atoms with E-state index in [0.29, 0.717) is 0 Å². The molecule has 4 heteroatoms. The quantitative estimate of drug-likeness (QED) is 0.886. The summed E-state index contributed by atoms with van der Waals surface area (Å²) in [6, 6.07) is 1.85. The maximum atomic E-state index is 6.10. The van der Waals surface area contributed by atoms with Crippen LogP contribution in [0.25, 0.3) is 0 Å². The molecule has 2 N–H and O–H groups in total. The summed E-state index contributed by atoms with van der Waals surface area (Å²) in [5.41, 5.74) is 6.10. The van der Waals surface area contributed by atoms with Crippen molar-refractivity contribution in [1.29, 1.82) is 0 Å². The molecular weight excluding hydrogens is 222 g/mol. The lowest BCUT2D eigenvalue weighted by atomic mass is 9.85. The molecule has 3 nitrogen and oxygen atoms in total. The third-order valence-electron chi connectivity index (χ3n) is 3.23. The fourth-order valence-electron chi connectivity index (χ4n) is 2.39. The van der Waals surface area contributed by atoms with Gasteiger partial charge >= 0.3 is 0 Å². The maximum Gasteiger partial charge on any atom is 0.144 e. The summed E-state index contributed by atoms with van der Waals surface area (Å²) in [5, 5.41) is 0. The molecule has 0 aromatic carbocycles. The van der Waals surface area contributed by atoms with Crippen LogP contribution in [-0.4, -0.2) is 9.97 Å². The Bertz CT molecular complexity index is 286. The van der Waals surface area contributed by atoms with Crippen LogP contribution in [0.2, 0.25) is 0 Å². The molecule has 1 heterocycles. The second-order valence-electron chi connectivity index (χ2n) is 4.45. The molecule has 0 aliphatic heterocycles. The fourth-order valence-corrected chi connectivity index (χ4v) is 2.39. The molecule has 90 valence electrons. The van der Waals surface area contributed by atoms with E-state index in [0.717, 1.165) is 18.2 Å². The average Bonchev–Trinajstić information content (AvgIpc) is 2.31. The average molecular weight is 242 g/mol. The lowest BCUT2D eigenvalue weighted by Gasteiger charge is -2.23. The van der Waals surface area contributed by atoms with E-state index in [4.69, 9.17) is 5.73 Å². The second kappa shape index (κ2) is 6.81. The molecule has 0 saturated heterocycles. The first-order valence-electron chi connectivity index (χ1n) is 5.89. The molecule has 1 saturated carbocycles. The maximum absolute atomic E-state index is 6.10. The lowest BCUT2D eigenvalue weighted by Crippen LogP contribution is -2.19. The first-order valence-corrected chi connectivity index (χ1v) is 5.89. The van der Waals surface area contributed by atoms with Gasteiger partial charge in [-0.25, -0.2) is 9.97 Å². The van der Waals surface area contributed by atoms with E-state index in [1.807, 2.05) is 6.07 Å². The highest BCUT2D eigenvalue weighted by Gasteiger charge is 2.18. The predicted molar refractivity (Wildman–Crippen MR) is 67.4 cm³/mol.